The van der Waals surface area contributed by atoms with Crippen molar-refractivity contribution in [2.45, 2.75) is 44.9 Å². The monoisotopic (exact) mass is 421 g/mol. The molecule has 31 heavy (non-hydrogen) atoms. The Hall–Kier alpha value is -2.40. The summed E-state index contributed by atoms with van der Waals surface area (Å²) in [6.45, 7) is 5.54. The van der Waals surface area contributed by atoms with E-state index in [1.807, 2.05) is 47.4 Å². The molecule has 0 aromatic heterocycles. The maximum atomic E-state index is 13.1. The highest BCUT2D eigenvalue weighted by atomic mass is 16.2. The summed E-state index contributed by atoms with van der Waals surface area (Å²) < 4.78 is 0. The van der Waals surface area contributed by atoms with E-state index in [0.717, 1.165) is 48.7 Å². The molecule has 166 valence electrons. The van der Waals surface area contributed by atoms with E-state index >= 15 is 0 Å². The summed E-state index contributed by atoms with van der Waals surface area (Å²) in [6.07, 6.45) is 7.84. The standard InChI is InChI=1S/C26H35N3O2/c30-25(27-15-8-18-28-16-5-1-2-6-17-28)22-13-19-29(20-14-22)26(31)24-12-7-10-21-9-3-4-11-23(21)24/h3-4,7,9-12,22H,1-2,5-6,8,13-20H2,(H,27,30). The molecule has 0 atom stereocenters. The van der Waals surface area contributed by atoms with Crippen LogP contribution in [0.5, 0.6) is 0 Å². The number of rotatable bonds is 6. The number of carbonyl (C=O) groups is 2. The lowest BCUT2D eigenvalue weighted by Crippen LogP contribution is -2.43. The van der Waals surface area contributed by atoms with Gasteiger partial charge in [0.2, 0.25) is 5.91 Å². The average Bonchev–Trinajstić information content (AvgIpc) is 3.10. The second kappa shape index (κ2) is 10.8. The number of hydrogen-bond acceptors (Lipinski definition) is 3. The Bertz CT molecular complexity index is 876. The van der Waals surface area contributed by atoms with E-state index in [-0.39, 0.29) is 17.7 Å². The van der Waals surface area contributed by atoms with Crippen LogP contribution in [0.15, 0.2) is 42.5 Å². The highest BCUT2D eigenvalue weighted by molar-refractivity contribution is 6.07. The lowest BCUT2D eigenvalue weighted by Gasteiger charge is -2.31. The van der Waals surface area contributed by atoms with Gasteiger partial charge in [-0.25, -0.2) is 0 Å². The first-order valence-corrected chi connectivity index (χ1v) is 12.0. The van der Waals surface area contributed by atoms with Gasteiger partial charge >= 0.3 is 0 Å². The van der Waals surface area contributed by atoms with Gasteiger partial charge in [-0.2, -0.15) is 0 Å². The number of nitrogens with zero attached hydrogens (tertiary/aromatic N) is 2. The number of hydrogen-bond donors (Lipinski definition) is 1. The first kappa shape index (κ1) is 21.8. The molecular weight excluding hydrogens is 386 g/mol. The number of fused-ring (bicyclic) bond motifs is 1. The molecule has 0 bridgehead atoms. The molecular formula is C26H35N3O2. The Morgan fingerprint density at radius 3 is 2.35 bits per heavy atom. The summed E-state index contributed by atoms with van der Waals surface area (Å²) >= 11 is 0. The SMILES string of the molecule is O=C(NCCCN1CCCCCC1)C1CCN(C(=O)c2cccc3ccccc23)CC1. The van der Waals surface area contributed by atoms with Gasteiger partial charge in [-0.1, -0.05) is 49.2 Å². The molecule has 4 rings (SSSR count). The molecule has 2 heterocycles. The van der Waals surface area contributed by atoms with Crippen molar-refractivity contribution in [1.29, 1.82) is 0 Å². The van der Waals surface area contributed by atoms with Crippen molar-refractivity contribution in [1.82, 2.24) is 15.1 Å². The molecule has 2 aromatic rings. The minimum atomic E-state index is 0.0229. The third-order valence-corrected chi connectivity index (χ3v) is 6.82. The molecule has 5 nitrogen and oxygen atoms in total. The molecule has 1 N–H and O–H groups in total. The number of piperidine rings is 1. The van der Waals surface area contributed by atoms with Gasteiger partial charge in [-0.05, 0) is 68.6 Å². The predicted octanol–water partition coefficient (Wildman–Crippen LogP) is 4.07. The Kier molecular flexibility index (Phi) is 7.57. The summed E-state index contributed by atoms with van der Waals surface area (Å²) in [5, 5.41) is 5.22. The van der Waals surface area contributed by atoms with Crippen molar-refractivity contribution in [2.24, 2.45) is 5.92 Å². The van der Waals surface area contributed by atoms with Gasteiger partial charge in [0.25, 0.3) is 5.91 Å². The molecule has 2 aliphatic rings. The second-order valence-electron chi connectivity index (χ2n) is 8.99. The van der Waals surface area contributed by atoms with E-state index in [2.05, 4.69) is 10.2 Å². The Labute approximate surface area is 185 Å². The minimum absolute atomic E-state index is 0.0229. The van der Waals surface area contributed by atoms with Gasteiger partial charge in [0.15, 0.2) is 0 Å². The summed E-state index contributed by atoms with van der Waals surface area (Å²) in [7, 11) is 0. The van der Waals surface area contributed by atoms with E-state index in [4.69, 9.17) is 0 Å². The number of benzene rings is 2. The molecule has 2 amide bonds. The molecule has 0 spiro atoms. The summed E-state index contributed by atoms with van der Waals surface area (Å²) in [5.41, 5.74) is 0.759. The van der Waals surface area contributed by atoms with Crippen LogP contribution in [0, 0.1) is 5.92 Å². The Morgan fingerprint density at radius 2 is 1.58 bits per heavy atom. The largest absolute Gasteiger partial charge is 0.356 e. The van der Waals surface area contributed by atoms with Gasteiger partial charge in [0, 0.05) is 31.1 Å². The van der Waals surface area contributed by atoms with Crippen molar-refractivity contribution in [3.05, 3.63) is 48.0 Å². The molecule has 2 saturated heterocycles. The minimum Gasteiger partial charge on any atom is -0.356 e. The van der Waals surface area contributed by atoms with Crippen LogP contribution in [-0.2, 0) is 4.79 Å². The van der Waals surface area contributed by atoms with Crippen LogP contribution in [-0.4, -0.2) is 60.9 Å². The summed E-state index contributed by atoms with van der Waals surface area (Å²) in [5.74, 6) is 0.260. The van der Waals surface area contributed by atoms with Gasteiger partial charge < -0.3 is 15.1 Å². The van der Waals surface area contributed by atoms with E-state index in [0.29, 0.717) is 13.1 Å². The average molecular weight is 422 g/mol. The van der Waals surface area contributed by atoms with Gasteiger partial charge in [0.1, 0.15) is 0 Å². The van der Waals surface area contributed by atoms with Crippen LogP contribution in [0.4, 0.5) is 0 Å². The molecule has 2 fully saturated rings. The second-order valence-corrected chi connectivity index (χ2v) is 8.99. The fourth-order valence-corrected chi connectivity index (χ4v) is 4.95. The Balaban J connectivity index is 1.22. The van der Waals surface area contributed by atoms with Crippen molar-refractivity contribution in [2.75, 3.05) is 39.3 Å². The van der Waals surface area contributed by atoms with Gasteiger partial charge in [-0.15, -0.1) is 0 Å². The Morgan fingerprint density at radius 1 is 0.871 bits per heavy atom. The zero-order chi connectivity index (χ0) is 21.5. The van der Waals surface area contributed by atoms with Crippen LogP contribution in [0.2, 0.25) is 0 Å². The zero-order valence-electron chi connectivity index (χ0n) is 18.5. The fraction of sp³-hybridized carbons (Fsp3) is 0.538. The molecule has 5 heteroatoms. The first-order valence-electron chi connectivity index (χ1n) is 12.0. The van der Waals surface area contributed by atoms with Crippen LogP contribution in [0.25, 0.3) is 10.8 Å². The number of amides is 2. The third-order valence-electron chi connectivity index (χ3n) is 6.82. The van der Waals surface area contributed by atoms with E-state index in [9.17, 15) is 9.59 Å². The van der Waals surface area contributed by atoms with Crippen molar-refractivity contribution in [3.63, 3.8) is 0 Å². The highest BCUT2D eigenvalue weighted by Gasteiger charge is 2.28. The molecule has 0 radical (unpaired) electrons. The van der Waals surface area contributed by atoms with Crippen molar-refractivity contribution < 1.29 is 9.59 Å². The van der Waals surface area contributed by atoms with E-state index in [1.54, 1.807) is 0 Å². The summed E-state index contributed by atoms with van der Waals surface area (Å²) in [4.78, 5) is 30.1. The molecule has 0 saturated carbocycles. The van der Waals surface area contributed by atoms with Crippen molar-refractivity contribution >= 4 is 22.6 Å². The number of carbonyl (C=O) groups excluding carboxylic acids is 2. The van der Waals surface area contributed by atoms with Crippen molar-refractivity contribution in [3.8, 4) is 0 Å². The quantitative estimate of drug-likeness (QED) is 0.715. The van der Waals surface area contributed by atoms with Gasteiger partial charge in [-0.3, -0.25) is 9.59 Å². The zero-order valence-corrected chi connectivity index (χ0v) is 18.5. The maximum absolute atomic E-state index is 13.1. The lowest BCUT2D eigenvalue weighted by atomic mass is 9.94. The van der Waals surface area contributed by atoms with Crippen LogP contribution in [0.1, 0.15) is 55.3 Å². The van der Waals surface area contributed by atoms with E-state index < -0.39 is 0 Å². The molecule has 2 aliphatic heterocycles. The fourth-order valence-electron chi connectivity index (χ4n) is 4.95. The number of likely N-dealkylation sites (tertiary alicyclic amines) is 2. The predicted molar refractivity (Wildman–Crippen MR) is 125 cm³/mol. The molecule has 0 unspecified atom stereocenters. The third kappa shape index (κ3) is 5.65. The maximum Gasteiger partial charge on any atom is 0.254 e. The van der Waals surface area contributed by atoms with Crippen LogP contribution in [0.3, 0.4) is 0 Å². The normalized spacial score (nSPS) is 18.6. The van der Waals surface area contributed by atoms with E-state index in [1.165, 1.54) is 38.8 Å². The van der Waals surface area contributed by atoms with Crippen LogP contribution >= 0.6 is 0 Å². The number of nitrogens with one attached hydrogen (secondary N) is 1. The lowest BCUT2D eigenvalue weighted by molar-refractivity contribution is -0.126. The smallest absolute Gasteiger partial charge is 0.254 e. The molecule has 2 aromatic carbocycles. The molecule has 0 aliphatic carbocycles. The van der Waals surface area contributed by atoms with Crippen LogP contribution < -0.4 is 5.32 Å². The highest BCUT2D eigenvalue weighted by Crippen LogP contribution is 2.23. The van der Waals surface area contributed by atoms with Gasteiger partial charge in [0.05, 0.1) is 0 Å². The first-order chi connectivity index (χ1) is 15.2. The topological polar surface area (TPSA) is 52.7 Å². The summed E-state index contributed by atoms with van der Waals surface area (Å²) in [6, 6.07) is 13.9.